The van der Waals surface area contributed by atoms with Crippen molar-refractivity contribution in [1.82, 2.24) is 15.0 Å². The zero-order chi connectivity index (χ0) is 13.8. The largest absolute Gasteiger partial charge is 0.361 e. The molecule has 2 aromatic rings. The summed E-state index contributed by atoms with van der Waals surface area (Å²) in [6.07, 6.45) is 4.42. The van der Waals surface area contributed by atoms with E-state index in [1.807, 2.05) is 13.1 Å². The minimum Gasteiger partial charge on any atom is -0.361 e. The van der Waals surface area contributed by atoms with Gasteiger partial charge in [-0.15, -0.1) is 11.3 Å². The minimum atomic E-state index is 0.101. The highest BCUT2D eigenvalue weighted by Crippen LogP contribution is 2.25. The number of hydrogen-bond donors (Lipinski definition) is 3. The Hall–Kier alpha value is -1.73. The Morgan fingerprint density at radius 2 is 2.05 bits per heavy atom. The molecule has 0 bridgehead atoms. The first-order valence-electron chi connectivity index (χ1n) is 6.15. The fourth-order valence-corrected chi connectivity index (χ4v) is 2.55. The Balaban J connectivity index is 2.16. The second-order valence-corrected chi connectivity index (χ2v) is 5.37. The van der Waals surface area contributed by atoms with Crippen molar-refractivity contribution in [3.8, 4) is 0 Å². The highest BCUT2D eigenvalue weighted by atomic mass is 32.1. The molecule has 0 aromatic carbocycles. The van der Waals surface area contributed by atoms with Crippen LogP contribution in [0.3, 0.4) is 0 Å². The summed E-state index contributed by atoms with van der Waals surface area (Å²) >= 11 is 1.72. The normalized spacial score (nSPS) is 12.2. The summed E-state index contributed by atoms with van der Waals surface area (Å²) in [5.41, 5.74) is 3.45. The predicted molar refractivity (Wildman–Crippen MR) is 78.1 cm³/mol. The lowest BCUT2D eigenvalue weighted by Crippen LogP contribution is -2.14. The molecule has 0 aliphatic rings. The van der Waals surface area contributed by atoms with Gasteiger partial charge < -0.3 is 10.7 Å². The molecule has 0 radical (unpaired) electrons. The SMILES string of the molecule is CCc1cnc(C(C)Nc2ncnc(NN)c2C)s1. The maximum Gasteiger partial charge on any atom is 0.148 e. The van der Waals surface area contributed by atoms with E-state index in [0.29, 0.717) is 5.82 Å². The summed E-state index contributed by atoms with van der Waals surface area (Å²) in [5.74, 6) is 6.80. The van der Waals surface area contributed by atoms with Crippen LogP contribution in [0.2, 0.25) is 0 Å². The first-order chi connectivity index (χ1) is 9.15. The first-order valence-corrected chi connectivity index (χ1v) is 6.96. The highest BCUT2D eigenvalue weighted by molar-refractivity contribution is 7.11. The molecule has 2 aromatic heterocycles. The average molecular weight is 278 g/mol. The van der Waals surface area contributed by atoms with Crippen molar-refractivity contribution in [2.24, 2.45) is 5.84 Å². The molecule has 1 atom stereocenters. The molecule has 1 unspecified atom stereocenters. The van der Waals surface area contributed by atoms with Gasteiger partial charge in [-0.2, -0.15) is 0 Å². The minimum absolute atomic E-state index is 0.101. The van der Waals surface area contributed by atoms with Crippen molar-refractivity contribution < 1.29 is 0 Å². The summed E-state index contributed by atoms with van der Waals surface area (Å²) in [6, 6.07) is 0.101. The first kappa shape index (κ1) is 13.7. The monoisotopic (exact) mass is 278 g/mol. The lowest BCUT2D eigenvalue weighted by molar-refractivity contribution is 0.855. The van der Waals surface area contributed by atoms with Gasteiger partial charge in [0, 0.05) is 16.6 Å². The molecule has 0 spiro atoms. The van der Waals surface area contributed by atoms with Crippen LogP contribution in [0.5, 0.6) is 0 Å². The van der Waals surface area contributed by atoms with Gasteiger partial charge in [0.05, 0.1) is 6.04 Å². The number of hydrogen-bond acceptors (Lipinski definition) is 7. The number of thiazole rings is 1. The number of nitrogens with zero attached hydrogens (tertiary/aromatic N) is 3. The number of nitrogen functional groups attached to an aromatic ring is 1. The van der Waals surface area contributed by atoms with Gasteiger partial charge in [0.2, 0.25) is 0 Å². The number of nitrogens with one attached hydrogen (secondary N) is 2. The summed E-state index contributed by atoms with van der Waals surface area (Å²) in [6.45, 7) is 6.11. The molecule has 0 fully saturated rings. The van der Waals surface area contributed by atoms with Crippen LogP contribution < -0.4 is 16.6 Å². The Morgan fingerprint density at radius 3 is 2.68 bits per heavy atom. The van der Waals surface area contributed by atoms with Crippen LogP contribution in [0, 0.1) is 6.92 Å². The molecule has 2 rings (SSSR count). The van der Waals surface area contributed by atoms with Gasteiger partial charge in [0.15, 0.2) is 0 Å². The number of hydrazine groups is 1. The van der Waals surface area contributed by atoms with E-state index in [2.05, 4.69) is 39.5 Å². The van der Waals surface area contributed by atoms with Crippen molar-refractivity contribution in [2.75, 3.05) is 10.7 Å². The van der Waals surface area contributed by atoms with E-state index in [1.54, 1.807) is 11.3 Å². The summed E-state index contributed by atoms with van der Waals surface area (Å²) in [5, 5.41) is 4.39. The molecule has 6 nitrogen and oxygen atoms in total. The number of rotatable bonds is 5. The molecule has 7 heteroatoms. The molecule has 102 valence electrons. The molecule has 0 saturated carbocycles. The van der Waals surface area contributed by atoms with Crippen LogP contribution >= 0.6 is 11.3 Å². The third-order valence-electron chi connectivity index (χ3n) is 2.86. The second-order valence-electron chi connectivity index (χ2n) is 4.22. The van der Waals surface area contributed by atoms with Crippen LogP contribution in [0.4, 0.5) is 11.6 Å². The molecule has 19 heavy (non-hydrogen) atoms. The Morgan fingerprint density at radius 1 is 1.32 bits per heavy atom. The number of aromatic nitrogens is 3. The zero-order valence-corrected chi connectivity index (χ0v) is 12.1. The quantitative estimate of drug-likeness (QED) is 0.574. The van der Waals surface area contributed by atoms with E-state index < -0.39 is 0 Å². The fourth-order valence-electron chi connectivity index (χ4n) is 1.69. The summed E-state index contributed by atoms with van der Waals surface area (Å²) in [4.78, 5) is 14.0. The van der Waals surface area contributed by atoms with Crippen LogP contribution in [-0.2, 0) is 6.42 Å². The predicted octanol–water partition coefficient (Wildman–Crippen LogP) is 2.26. The maximum atomic E-state index is 5.40. The van der Waals surface area contributed by atoms with Crippen LogP contribution in [-0.4, -0.2) is 15.0 Å². The van der Waals surface area contributed by atoms with Crippen molar-refractivity contribution in [2.45, 2.75) is 33.2 Å². The standard InChI is InChI=1S/C12H18N6S/c1-4-9-5-14-12(19-9)8(3)17-10-7(2)11(18-13)16-6-15-10/h5-6,8H,4,13H2,1-3H3,(H2,15,16,17,18). The van der Waals surface area contributed by atoms with Crippen LogP contribution in [0.15, 0.2) is 12.5 Å². The molecule has 2 heterocycles. The number of anilines is 2. The van der Waals surface area contributed by atoms with Gasteiger partial charge >= 0.3 is 0 Å². The van der Waals surface area contributed by atoms with E-state index >= 15 is 0 Å². The van der Waals surface area contributed by atoms with Gasteiger partial charge in [0.25, 0.3) is 0 Å². The lowest BCUT2D eigenvalue weighted by Gasteiger charge is -2.15. The number of nitrogens with two attached hydrogens (primary N) is 1. The van der Waals surface area contributed by atoms with Crippen molar-refractivity contribution in [1.29, 1.82) is 0 Å². The molecule has 4 N–H and O–H groups in total. The molecule has 0 aliphatic heterocycles. The van der Waals surface area contributed by atoms with Crippen LogP contribution in [0.25, 0.3) is 0 Å². The molecular formula is C12H18N6S. The number of aryl methyl sites for hydroxylation is 1. The Kier molecular flexibility index (Phi) is 4.28. The Bertz CT molecular complexity index is 553. The van der Waals surface area contributed by atoms with Crippen LogP contribution in [0.1, 0.15) is 35.3 Å². The van der Waals surface area contributed by atoms with Gasteiger partial charge in [-0.3, -0.25) is 0 Å². The summed E-state index contributed by atoms with van der Waals surface area (Å²) in [7, 11) is 0. The summed E-state index contributed by atoms with van der Waals surface area (Å²) < 4.78 is 0. The molecule has 0 aliphatic carbocycles. The van der Waals surface area contributed by atoms with Crippen molar-refractivity contribution >= 4 is 23.0 Å². The third kappa shape index (κ3) is 2.99. The molecular weight excluding hydrogens is 260 g/mol. The van der Waals surface area contributed by atoms with E-state index in [4.69, 9.17) is 5.84 Å². The average Bonchev–Trinajstić information content (AvgIpc) is 2.90. The Labute approximate surface area is 116 Å². The van der Waals surface area contributed by atoms with Gasteiger partial charge in [-0.25, -0.2) is 20.8 Å². The van der Waals surface area contributed by atoms with Gasteiger partial charge in [-0.1, -0.05) is 6.92 Å². The smallest absolute Gasteiger partial charge is 0.148 e. The maximum absolute atomic E-state index is 5.40. The lowest BCUT2D eigenvalue weighted by atomic mass is 10.3. The molecule has 0 amide bonds. The van der Waals surface area contributed by atoms with Crippen molar-refractivity contribution in [3.05, 3.63) is 28.0 Å². The third-order valence-corrected chi connectivity index (χ3v) is 4.19. The van der Waals surface area contributed by atoms with Gasteiger partial charge in [-0.05, 0) is 20.3 Å². The van der Waals surface area contributed by atoms with Gasteiger partial charge in [0.1, 0.15) is 23.0 Å². The second kappa shape index (κ2) is 5.94. The topological polar surface area (TPSA) is 88.8 Å². The van der Waals surface area contributed by atoms with E-state index in [1.165, 1.54) is 11.2 Å². The molecule has 0 saturated heterocycles. The van der Waals surface area contributed by atoms with E-state index in [0.717, 1.165) is 22.8 Å². The highest BCUT2D eigenvalue weighted by Gasteiger charge is 2.13. The van der Waals surface area contributed by atoms with E-state index in [9.17, 15) is 0 Å². The van der Waals surface area contributed by atoms with E-state index in [-0.39, 0.29) is 6.04 Å². The van der Waals surface area contributed by atoms with Crippen molar-refractivity contribution in [3.63, 3.8) is 0 Å². The zero-order valence-electron chi connectivity index (χ0n) is 11.3. The fraction of sp³-hybridized carbons (Fsp3) is 0.417.